The van der Waals surface area contributed by atoms with E-state index in [4.69, 9.17) is 14.7 Å². The highest BCUT2D eigenvalue weighted by atomic mass is 31.2. The van der Waals surface area contributed by atoms with Gasteiger partial charge in [-0.3, -0.25) is 13.6 Å². The molecule has 0 rings (SSSR count). The average Bonchev–Trinajstić information content (AvgIpc) is 2.31. The summed E-state index contributed by atoms with van der Waals surface area (Å²) in [4.78, 5) is 38.0. The lowest BCUT2D eigenvalue weighted by Gasteiger charge is -2.27. The van der Waals surface area contributed by atoms with Crippen molar-refractivity contribution in [3.8, 4) is 0 Å². The van der Waals surface area contributed by atoms with Crippen LogP contribution >= 0.6 is 16.9 Å². The maximum Gasteiger partial charge on any atom is 0.331 e. The molecule has 0 aromatic carbocycles. The van der Waals surface area contributed by atoms with E-state index in [1.165, 1.54) is 0 Å². The molecule has 0 fully saturated rings. The summed E-state index contributed by atoms with van der Waals surface area (Å²) >= 11 is 0. The Morgan fingerprint density at radius 3 is 2.26 bits per heavy atom. The van der Waals surface area contributed by atoms with Crippen molar-refractivity contribution in [3.05, 3.63) is 0 Å². The minimum atomic E-state index is -3.49. The van der Waals surface area contributed by atoms with Crippen LogP contribution in [0.2, 0.25) is 19.1 Å². The molecule has 0 bridgehead atoms. The molecule has 0 radical (unpaired) electrons. The van der Waals surface area contributed by atoms with Crippen LogP contribution in [0.1, 0.15) is 25.7 Å². The van der Waals surface area contributed by atoms with Crippen LogP contribution in [0.4, 0.5) is 0 Å². The van der Waals surface area contributed by atoms with E-state index in [0.29, 0.717) is 13.0 Å². The first-order valence-corrected chi connectivity index (χ1v) is 12.9. The summed E-state index contributed by atoms with van der Waals surface area (Å²) in [6.07, 6.45) is 2.08. The smallest absolute Gasteiger partial charge is 0.331 e. The van der Waals surface area contributed by atoms with E-state index in [2.05, 4.69) is 9.05 Å². The van der Waals surface area contributed by atoms with Gasteiger partial charge in [-0.2, -0.15) is 0 Å². The molecular weight excluding hydrogens is 364 g/mol. The third-order valence-corrected chi connectivity index (χ3v) is 5.60. The van der Waals surface area contributed by atoms with Crippen LogP contribution < -0.4 is 0 Å². The van der Waals surface area contributed by atoms with E-state index in [1.807, 2.05) is 25.0 Å². The van der Waals surface area contributed by atoms with Crippen LogP contribution in [0.25, 0.3) is 0 Å². The number of aliphatic hydroxyl groups is 1. The zero-order valence-electron chi connectivity index (χ0n) is 13.8. The van der Waals surface area contributed by atoms with Gasteiger partial charge >= 0.3 is 16.9 Å². The zero-order valence-corrected chi connectivity index (χ0v) is 16.7. The van der Waals surface area contributed by atoms with Gasteiger partial charge < -0.3 is 29.5 Å². The molecule has 0 spiro atoms. The van der Waals surface area contributed by atoms with E-state index in [0.717, 1.165) is 25.4 Å². The SMILES string of the molecule is CN(CCCC[Si](C)(C)O)CCCC(O)(OP(O)O)O[PH](=O)O. The molecule has 5 N–H and O–H groups in total. The topological polar surface area (TPSA) is 140 Å². The number of rotatable bonds is 13. The van der Waals surface area contributed by atoms with Gasteiger partial charge in [-0.1, -0.05) is 6.42 Å². The van der Waals surface area contributed by atoms with Gasteiger partial charge in [0.25, 0.3) is 5.97 Å². The van der Waals surface area contributed by atoms with Crippen molar-refractivity contribution >= 4 is 25.2 Å². The molecule has 0 saturated heterocycles. The van der Waals surface area contributed by atoms with Gasteiger partial charge in [0.05, 0.1) is 0 Å². The van der Waals surface area contributed by atoms with Gasteiger partial charge in [-0.25, -0.2) is 0 Å². The van der Waals surface area contributed by atoms with Crippen LogP contribution in [0.15, 0.2) is 0 Å². The normalized spacial score (nSPS) is 16.8. The van der Waals surface area contributed by atoms with Crippen LogP contribution in [0.5, 0.6) is 0 Å². The van der Waals surface area contributed by atoms with Gasteiger partial charge in [-0.15, -0.1) is 0 Å². The Labute approximate surface area is 139 Å². The molecule has 0 aromatic heterocycles. The molecule has 0 aliphatic carbocycles. The third-order valence-electron chi connectivity index (χ3n) is 3.08. The maximum absolute atomic E-state index is 10.7. The van der Waals surface area contributed by atoms with Crippen molar-refractivity contribution in [2.24, 2.45) is 0 Å². The van der Waals surface area contributed by atoms with Crippen LogP contribution in [0.3, 0.4) is 0 Å². The molecule has 0 aliphatic rings. The highest BCUT2D eigenvalue weighted by Crippen LogP contribution is 2.38. The number of unbranched alkanes of at least 4 members (excludes halogenated alkanes) is 1. The Morgan fingerprint density at radius 2 is 1.78 bits per heavy atom. The average molecular weight is 393 g/mol. The lowest BCUT2D eigenvalue weighted by Crippen LogP contribution is -2.33. The Kier molecular flexibility index (Phi) is 11.5. The first-order chi connectivity index (χ1) is 10.4. The molecule has 2 unspecified atom stereocenters. The fourth-order valence-electron chi connectivity index (χ4n) is 2.00. The van der Waals surface area contributed by atoms with E-state index in [1.54, 1.807) is 0 Å². The second kappa shape index (κ2) is 11.2. The fraction of sp³-hybridized carbons (Fsp3) is 1.00. The van der Waals surface area contributed by atoms with E-state index in [-0.39, 0.29) is 6.42 Å². The van der Waals surface area contributed by atoms with E-state index in [9.17, 15) is 14.5 Å². The van der Waals surface area contributed by atoms with Crippen LogP contribution in [-0.2, 0) is 13.6 Å². The molecule has 12 heteroatoms. The van der Waals surface area contributed by atoms with Crippen molar-refractivity contribution in [1.29, 1.82) is 0 Å². The molecule has 0 amide bonds. The Balaban J connectivity index is 4.05. The molecular formula is C11H29NO8P2Si. The summed E-state index contributed by atoms with van der Waals surface area (Å²) in [6, 6.07) is 0.851. The largest absolute Gasteiger partial charge is 0.432 e. The van der Waals surface area contributed by atoms with E-state index < -0.39 is 31.1 Å². The number of nitrogens with zero attached hydrogens (tertiary/aromatic N) is 1. The molecule has 140 valence electrons. The molecule has 0 heterocycles. The highest BCUT2D eigenvalue weighted by Gasteiger charge is 2.34. The predicted octanol–water partition coefficient (Wildman–Crippen LogP) is 0.949. The van der Waals surface area contributed by atoms with Crippen molar-refractivity contribution < 1.29 is 38.2 Å². The van der Waals surface area contributed by atoms with Crippen molar-refractivity contribution in [3.63, 3.8) is 0 Å². The second-order valence-corrected chi connectivity index (χ2v) is 11.6. The van der Waals surface area contributed by atoms with Gasteiger partial charge in [-0.05, 0) is 52.1 Å². The lowest BCUT2D eigenvalue weighted by molar-refractivity contribution is -0.280. The molecule has 0 aliphatic heterocycles. The first-order valence-electron chi connectivity index (χ1n) is 7.36. The summed E-state index contributed by atoms with van der Waals surface area (Å²) < 4.78 is 19.4. The highest BCUT2D eigenvalue weighted by molar-refractivity contribution is 7.39. The second-order valence-electron chi connectivity index (χ2n) is 6.10. The summed E-state index contributed by atoms with van der Waals surface area (Å²) in [5.41, 5.74) is 0. The van der Waals surface area contributed by atoms with Crippen LogP contribution in [-0.4, -0.2) is 63.9 Å². The minimum absolute atomic E-state index is 0.176. The minimum Gasteiger partial charge on any atom is -0.432 e. The summed E-state index contributed by atoms with van der Waals surface area (Å²) in [6.45, 7) is 5.19. The standard InChI is InChI=1S/C11H29NO8P2Si/c1-12(8-4-5-10-23(2,3)18)9-6-7-11(13,19-21(14)15)20-22(16)17/h13-15,18,22H,4-10H2,1-3H3,(H,16,17). The Hall–Kier alpha value is 0.557. The lowest BCUT2D eigenvalue weighted by atomic mass is 10.2. The van der Waals surface area contributed by atoms with Crippen molar-refractivity contribution in [2.75, 3.05) is 20.1 Å². The predicted molar refractivity (Wildman–Crippen MR) is 90.2 cm³/mol. The van der Waals surface area contributed by atoms with Gasteiger partial charge in [0.15, 0.2) is 8.32 Å². The Morgan fingerprint density at radius 1 is 1.22 bits per heavy atom. The summed E-state index contributed by atoms with van der Waals surface area (Å²) in [5.74, 6) is -2.48. The zero-order chi connectivity index (χ0) is 18.1. The van der Waals surface area contributed by atoms with Gasteiger partial charge in [0, 0.05) is 6.42 Å². The fourth-order valence-corrected chi connectivity index (χ4v) is 3.99. The van der Waals surface area contributed by atoms with Crippen molar-refractivity contribution in [2.45, 2.75) is 50.8 Å². The van der Waals surface area contributed by atoms with Crippen molar-refractivity contribution in [1.82, 2.24) is 4.90 Å². The number of hydrogen-bond acceptors (Lipinski definition) is 8. The Bertz CT molecular complexity index is 357. The van der Waals surface area contributed by atoms with Gasteiger partial charge in [0.1, 0.15) is 0 Å². The molecule has 2 atom stereocenters. The molecule has 0 aromatic rings. The van der Waals surface area contributed by atoms with Gasteiger partial charge in [0.2, 0.25) is 0 Å². The first kappa shape index (κ1) is 23.6. The summed E-state index contributed by atoms with van der Waals surface area (Å²) in [5, 5.41) is 9.84. The third kappa shape index (κ3) is 14.6. The quantitative estimate of drug-likeness (QED) is 0.134. The molecule has 9 nitrogen and oxygen atoms in total. The van der Waals surface area contributed by atoms with E-state index >= 15 is 0 Å². The molecule has 0 saturated carbocycles. The molecule has 23 heavy (non-hydrogen) atoms. The number of hydrogen-bond donors (Lipinski definition) is 5. The maximum atomic E-state index is 10.7. The summed E-state index contributed by atoms with van der Waals surface area (Å²) in [7, 11) is -6.50. The van der Waals surface area contributed by atoms with Crippen LogP contribution in [0, 0.1) is 0 Å². The monoisotopic (exact) mass is 393 g/mol.